The van der Waals surface area contributed by atoms with Crippen LogP contribution in [0.4, 0.5) is 5.69 Å². The molecular formula is C30H34Cl3N3O4S. The third-order valence-corrected chi connectivity index (χ3v) is 8.92. The number of carbonyl (C=O) groups excluding carboxylic acids is 2. The van der Waals surface area contributed by atoms with E-state index in [1.165, 1.54) is 4.90 Å². The fourth-order valence-electron chi connectivity index (χ4n) is 4.37. The Bertz CT molecular complexity index is 1450. The van der Waals surface area contributed by atoms with E-state index in [-0.39, 0.29) is 24.6 Å². The lowest BCUT2D eigenvalue weighted by Gasteiger charge is -2.34. The van der Waals surface area contributed by atoms with Crippen molar-refractivity contribution < 1.29 is 18.0 Å². The molecule has 220 valence electrons. The minimum atomic E-state index is -3.92. The Morgan fingerprint density at radius 1 is 0.902 bits per heavy atom. The largest absolute Gasteiger partial charge is 0.354 e. The quantitative estimate of drug-likeness (QED) is 0.223. The monoisotopic (exact) mass is 637 g/mol. The van der Waals surface area contributed by atoms with Gasteiger partial charge in [-0.15, -0.1) is 0 Å². The highest BCUT2D eigenvalue weighted by Gasteiger charge is 2.34. The predicted octanol–water partition coefficient (Wildman–Crippen LogP) is 6.28. The fourth-order valence-corrected chi connectivity index (χ4v) is 5.96. The summed E-state index contributed by atoms with van der Waals surface area (Å²) in [4.78, 5) is 29.2. The molecule has 3 rings (SSSR count). The molecule has 0 spiro atoms. The number of nitrogens with zero attached hydrogens (tertiary/aromatic N) is 2. The van der Waals surface area contributed by atoms with Gasteiger partial charge in [-0.25, -0.2) is 8.42 Å². The molecule has 1 unspecified atom stereocenters. The average Bonchev–Trinajstić information content (AvgIpc) is 2.92. The van der Waals surface area contributed by atoms with E-state index in [4.69, 9.17) is 34.8 Å². The standard InChI is InChI=1S/C30H34Cl3N3O4S/c1-4-5-17-34-30(38)28(18-22-11-7-6-8-12-22)35(19-23-25(32)14-9-15-26(23)33)29(37)20-36(41(3,39)40)27-16-10-13-24(31)21(27)2/h6-16,28H,4-5,17-20H2,1-3H3,(H,34,38). The van der Waals surface area contributed by atoms with Crippen LogP contribution in [-0.4, -0.2) is 50.5 Å². The molecule has 0 bridgehead atoms. The Hall–Kier alpha value is -2.78. The van der Waals surface area contributed by atoms with Crippen LogP contribution >= 0.6 is 34.8 Å². The smallest absolute Gasteiger partial charge is 0.244 e. The topological polar surface area (TPSA) is 86.8 Å². The third-order valence-electron chi connectivity index (χ3n) is 6.68. The van der Waals surface area contributed by atoms with Crippen molar-refractivity contribution in [3.63, 3.8) is 0 Å². The summed E-state index contributed by atoms with van der Waals surface area (Å²) in [6.07, 6.45) is 2.87. The van der Waals surface area contributed by atoms with Crippen molar-refractivity contribution in [1.29, 1.82) is 0 Å². The van der Waals surface area contributed by atoms with Crippen LogP contribution in [0.1, 0.15) is 36.5 Å². The van der Waals surface area contributed by atoms with Crippen LogP contribution in [0, 0.1) is 6.92 Å². The van der Waals surface area contributed by atoms with E-state index in [9.17, 15) is 18.0 Å². The van der Waals surface area contributed by atoms with E-state index < -0.39 is 28.5 Å². The third kappa shape index (κ3) is 8.85. The summed E-state index contributed by atoms with van der Waals surface area (Å²) < 4.78 is 27.0. The number of rotatable bonds is 13. The number of sulfonamides is 1. The van der Waals surface area contributed by atoms with Crippen LogP contribution in [0.2, 0.25) is 15.1 Å². The molecule has 0 fully saturated rings. The average molecular weight is 639 g/mol. The number of unbranched alkanes of at least 4 members (excludes halogenated alkanes) is 1. The van der Waals surface area contributed by atoms with Crippen LogP contribution in [-0.2, 0) is 32.6 Å². The van der Waals surface area contributed by atoms with Crippen molar-refractivity contribution in [2.24, 2.45) is 0 Å². The number of amides is 2. The first-order valence-electron chi connectivity index (χ1n) is 13.2. The van der Waals surface area contributed by atoms with Gasteiger partial charge in [0.25, 0.3) is 0 Å². The molecule has 0 saturated heterocycles. The zero-order valence-corrected chi connectivity index (χ0v) is 26.3. The first-order valence-corrected chi connectivity index (χ1v) is 16.2. The molecule has 0 aliphatic rings. The summed E-state index contributed by atoms with van der Waals surface area (Å²) in [5, 5.41) is 3.95. The minimum Gasteiger partial charge on any atom is -0.354 e. The number of hydrogen-bond acceptors (Lipinski definition) is 4. The SMILES string of the molecule is CCCCNC(=O)C(Cc1ccccc1)N(Cc1c(Cl)cccc1Cl)C(=O)CN(c1cccc(Cl)c1C)S(C)(=O)=O. The van der Waals surface area contributed by atoms with Crippen LogP contribution in [0.3, 0.4) is 0 Å². The van der Waals surface area contributed by atoms with E-state index in [0.717, 1.165) is 29.0 Å². The summed E-state index contributed by atoms with van der Waals surface area (Å²) in [7, 11) is -3.92. The maximum Gasteiger partial charge on any atom is 0.244 e. The maximum atomic E-state index is 14.2. The van der Waals surface area contributed by atoms with E-state index in [0.29, 0.717) is 32.7 Å². The molecule has 3 aromatic carbocycles. The highest BCUT2D eigenvalue weighted by Crippen LogP contribution is 2.30. The first-order chi connectivity index (χ1) is 19.4. The normalized spacial score (nSPS) is 12.0. The van der Waals surface area contributed by atoms with Gasteiger partial charge in [0, 0.05) is 40.1 Å². The Morgan fingerprint density at radius 3 is 2.12 bits per heavy atom. The van der Waals surface area contributed by atoms with Crippen LogP contribution < -0.4 is 9.62 Å². The zero-order valence-electron chi connectivity index (χ0n) is 23.2. The first kappa shape index (κ1) is 32.7. The van der Waals surface area contributed by atoms with Crippen LogP contribution in [0.25, 0.3) is 0 Å². The molecule has 2 amide bonds. The highest BCUT2D eigenvalue weighted by molar-refractivity contribution is 7.92. The van der Waals surface area contributed by atoms with E-state index in [1.807, 2.05) is 37.3 Å². The second-order valence-corrected chi connectivity index (χ2v) is 12.9. The van der Waals surface area contributed by atoms with Crippen molar-refractivity contribution >= 4 is 62.3 Å². The lowest BCUT2D eigenvalue weighted by atomic mass is 10.0. The van der Waals surface area contributed by atoms with Crippen LogP contribution in [0.15, 0.2) is 66.7 Å². The number of anilines is 1. The maximum absolute atomic E-state index is 14.2. The Balaban J connectivity index is 2.11. The molecule has 41 heavy (non-hydrogen) atoms. The molecule has 7 nitrogen and oxygen atoms in total. The van der Waals surface area contributed by atoms with Gasteiger partial charge in [0.15, 0.2) is 0 Å². The van der Waals surface area contributed by atoms with Crippen molar-refractivity contribution in [3.8, 4) is 0 Å². The van der Waals surface area contributed by atoms with Crippen molar-refractivity contribution in [1.82, 2.24) is 10.2 Å². The molecule has 1 atom stereocenters. The van der Waals surface area contributed by atoms with Gasteiger partial charge in [0.05, 0.1) is 11.9 Å². The molecule has 0 heterocycles. The number of carbonyl (C=O) groups is 2. The number of halogens is 3. The van der Waals surface area contributed by atoms with Gasteiger partial charge in [-0.3, -0.25) is 13.9 Å². The van der Waals surface area contributed by atoms with Gasteiger partial charge < -0.3 is 10.2 Å². The molecule has 0 saturated carbocycles. The summed E-state index contributed by atoms with van der Waals surface area (Å²) in [5.41, 5.74) is 2.06. The van der Waals surface area contributed by atoms with Crippen molar-refractivity contribution in [2.45, 2.75) is 45.7 Å². The molecular weight excluding hydrogens is 605 g/mol. The van der Waals surface area contributed by atoms with E-state index in [1.54, 1.807) is 43.3 Å². The second-order valence-electron chi connectivity index (χ2n) is 9.73. The van der Waals surface area contributed by atoms with E-state index in [2.05, 4.69) is 5.32 Å². The van der Waals surface area contributed by atoms with Gasteiger partial charge in [-0.05, 0) is 48.7 Å². The Labute approximate surface area is 257 Å². The predicted molar refractivity (Wildman–Crippen MR) is 167 cm³/mol. The molecule has 1 N–H and O–H groups in total. The highest BCUT2D eigenvalue weighted by atomic mass is 35.5. The van der Waals surface area contributed by atoms with E-state index >= 15 is 0 Å². The van der Waals surface area contributed by atoms with Gasteiger partial charge in [0.2, 0.25) is 21.8 Å². The van der Waals surface area contributed by atoms with Crippen LogP contribution in [0.5, 0.6) is 0 Å². The number of hydrogen-bond donors (Lipinski definition) is 1. The second kappa shape index (κ2) is 14.9. The molecule has 0 aliphatic carbocycles. The van der Waals surface area contributed by atoms with Gasteiger partial charge in [-0.2, -0.15) is 0 Å². The lowest BCUT2D eigenvalue weighted by molar-refractivity contribution is -0.140. The lowest BCUT2D eigenvalue weighted by Crippen LogP contribution is -2.53. The summed E-state index contributed by atoms with van der Waals surface area (Å²) in [5.74, 6) is -0.957. The molecule has 0 aliphatic heterocycles. The van der Waals surface area contributed by atoms with Crippen molar-refractivity contribution in [3.05, 3.63) is 98.5 Å². The van der Waals surface area contributed by atoms with Gasteiger partial charge in [-0.1, -0.05) is 90.6 Å². The molecule has 3 aromatic rings. The summed E-state index contributed by atoms with van der Waals surface area (Å²) in [6.45, 7) is 3.46. The molecule has 0 aromatic heterocycles. The molecule has 0 radical (unpaired) electrons. The minimum absolute atomic E-state index is 0.109. The molecule has 11 heteroatoms. The summed E-state index contributed by atoms with van der Waals surface area (Å²) >= 11 is 19.3. The van der Waals surface area contributed by atoms with Gasteiger partial charge >= 0.3 is 0 Å². The number of nitrogens with one attached hydrogen (secondary N) is 1. The van der Waals surface area contributed by atoms with Gasteiger partial charge in [0.1, 0.15) is 12.6 Å². The fraction of sp³-hybridized carbons (Fsp3) is 0.333. The zero-order chi connectivity index (χ0) is 30.2. The number of benzene rings is 3. The Kier molecular flexibility index (Phi) is 11.9. The Morgan fingerprint density at radius 2 is 1.51 bits per heavy atom. The summed E-state index contributed by atoms with van der Waals surface area (Å²) in [6, 6.07) is 18.2. The van der Waals surface area contributed by atoms with Crippen molar-refractivity contribution in [2.75, 3.05) is 23.7 Å².